The van der Waals surface area contributed by atoms with Crippen molar-refractivity contribution in [2.45, 2.75) is 13.8 Å². The van der Waals surface area contributed by atoms with Gasteiger partial charge in [-0.1, -0.05) is 47.7 Å². The lowest BCUT2D eigenvalue weighted by Gasteiger charge is -2.28. The van der Waals surface area contributed by atoms with Crippen molar-refractivity contribution in [2.75, 3.05) is 6.54 Å². The number of nitrogens with zero attached hydrogens (tertiary/aromatic N) is 1. The molecule has 20 heavy (non-hydrogen) atoms. The maximum Gasteiger partial charge on any atom is 0.265 e. The molecule has 1 N–H and O–H groups in total. The van der Waals surface area contributed by atoms with E-state index in [0.717, 1.165) is 23.4 Å². The zero-order chi connectivity index (χ0) is 14.3. The molecule has 0 aromatic heterocycles. The standard InChI is InChI=1S/C15H14N2OS2/c1-3-17-7-6-10-8-9(2)4-5-11(10)12(17)13-14(18)16-15(19)20-13/h4-8H,3H2,1-2H3,(H,16,18,19)/b13-12+. The fourth-order valence-electron chi connectivity index (χ4n) is 2.42. The van der Waals surface area contributed by atoms with Crippen LogP contribution < -0.4 is 5.32 Å². The summed E-state index contributed by atoms with van der Waals surface area (Å²) in [6.45, 7) is 4.95. The molecule has 1 saturated heterocycles. The van der Waals surface area contributed by atoms with Gasteiger partial charge in [0.25, 0.3) is 5.91 Å². The van der Waals surface area contributed by atoms with Crippen molar-refractivity contribution in [2.24, 2.45) is 0 Å². The third kappa shape index (κ3) is 2.17. The fraction of sp³-hybridized carbons (Fsp3) is 0.200. The van der Waals surface area contributed by atoms with Gasteiger partial charge in [0.05, 0.1) is 5.70 Å². The summed E-state index contributed by atoms with van der Waals surface area (Å²) in [5.41, 5.74) is 4.39. The van der Waals surface area contributed by atoms with E-state index in [-0.39, 0.29) is 5.91 Å². The lowest BCUT2D eigenvalue weighted by molar-refractivity contribution is -0.115. The Kier molecular flexibility index (Phi) is 3.40. The van der Waals surface area contributed by atoms with Crippen LogP contribution in [0.25, 0.3) is 11.8 Å². The maximum atomic E-state index is 12.1. The summed E-state index contributed by atoms with van der Waals surface area (Å²) >= 11 is 6.44. The highest BCUT2D eigenvalue weighted by molar-refractivity contribution is 8.26. The molecular weight excluding hydrogens is 288 g/mol. The molecule has 3 nitrogen and oxygen atoms in total. The molecule has 102 valence electrons. The predicted molar refractivity (Wildman–Crippen MR) is 87.8 cm³/mol. The first kappa shape index (κ1) is 13.4. The Morgan fingerprint density at radius 3 is 2.85 bits per heavy atom. The summed E-state index contributed by atoms with van der Waals surface area (Å²) < 4.78 is 0.525. The first-order chi connectivity index (χ1) is 9.60. The number of fused-ring (bicyclic) bond motifs is 1. The van der Waals surface area contributed by atoms with E-state index in [1.807, 2.05) is 6.20 Å². The molecule has 2 heterocycles. The van der Waals surface area contributed by atoms with E-state index in [9.17, 15) is 4.79 Å². The van der Waals surface area contributed by atoms with Crippen LogP contribution in [0.3, 0.4) is 0 Å². The highest BCUT2D eigenvalue weighted by atomic mass is 32.2. The van der Waals surface area contributed by atoms with Crippen LogP contribution in [-0.4, -0.2) is 21.7 Å². The Labute approximate surface area is 127 Å². The summed E-state index contributed by atoms with van der Waals surface area (Å²) in [6.07, 6.45) is 4.12. The average molecular weight is 302 g/mol. The van der Waals surface area contributed by atoms with E-state index >= 15 is 0 Å². The molecule has 0 spiro atoms. The van der Waals surface area contributed by atoms with Gasteiger partial charge in [0.2, 0.25) is 0 Å². The number of rotatable bonds is 1. The lowest BCUT2D eigenvalue weighted by Crippen LogP contribution is -2.23. The number of benzene rings is 1. The lowest BCUT2D eigenvalue weighted by atomic mass is 9.98. The minimum Gasteiger partial charge on any atom is -0.347 e. The second-order valence-electron chi connectivity index (χ2n) is 4.71. The number of nitrogens with one attached hydrogen (secondary N) is 1. The van der Waals surface area contributed by atoms with Crippen molar-refractivity contribution < 1.29 is 4.79 Å². The van der Waals surface area contributed by atoms with Gasteiger partial charge < -0.3 is 10.2 Å². The highest BCUT2D eigenvalue weighted by Crippen LogP contribution is 2.38. The molecule has 2 aliphatic heterocycles. The minimum absolute atomic E-state index is 0.102. The zero-order valence-electron chi connectivity index (χ0n) is 11.3. The number of carbonyl (C=O) groups is 1. The minimum atomic E-state index is -0.102. The number of carbonyl (C=O) groups excluding carboxylic acids is 1. The molecule has 0 bridgehead atoms. The van der Waals surface area contributed by atoms with Crippen molar-refractivity contribution in [3.63, 3.8) is 0 Å². The SMILES string of the molecule is CCN1C=Cc2cc(C)ccc2/C1=C1\SC(=S)NC1=O. The largest absolute Gasteiger partial charge is 0.347 e. The monoisotopic (exact) mass is 302 g/mol. The topological polar surface area (TPSA) is 32.3 Å². The molecule has 1 fully saturated rings. The van der Waals surface area contributed by atoms with E-state index in [0.29, 0.717) is 9.23 Å². The Bertz CT molecular complexity index is 676. The van der Waals surface area contributed by atoms with Crippen LogP contribution >= 0.6 is 24.0 Å². The fourth-order valence-corrected chi connectivity index (χ4v) is 3.56. The van der Waals surface area contributed by atoms with Crippen LogP contribution in [0.5, 0.6) is 0 Å². The quantitative estimate of drug-likeness (QED) is 0.638. The van der Waals surface area contributed by atoms with Gasteiger partial charge in [-0.15, -0.1) is 0 Å². The van der Waals surface area contributed by atoms with E-state index < -0.39 is 0 Å². The van der Waals surface area contributed by atoms with Gasteiger partial charge in [0.1, 0.15) is 9.23 Å². The van der Waals surface area contributed by atoms with E-state index in [1.165, 1.54) is 17.3 Å². The summed E-state index contributed by atoms with van der Waals surface area (Å²) in [5.74, 6) is -0.102. The van der Waals surface area contributed by atoms with Crippen LogP contribution in [0.1, 0.15) is 23.6 Å². The van der Waals surface area contributed by atoms with E-state index in [4.69, 9.17) is 12.2 Å². The van der Waals surface area contributed by atoms with Gasteiger partial charge >= 0.3 is 0 Å². The molecule has 1 aromatic carbocycles. The molecule has 0 aliphatic carbocycles. The van der Waals surface area contributed by atoms with Crippen molar-refractivity contribution in [3.8, 4) is 0 Å². The van der Waals surface area contributed by atoms with Gasteiger partial charge in [-0.2, -0.15) is 0 Å². The van der Waals surface area contributed by atoms with Crippen molar-refractivity contribution in [3.05, 3.63) is 46.0 Å². The van der Waals surface area contributed by atoms with Crippen LogP contribution in [0.15, 0.2) is 29.3 Å². The summed E-state index contributed by atoms with van der Waals surface area (Å²) in [7, 11) is 0. The van der Waals surface area contributed by atoms with Gasteiger partial charge in [-0.05, 0) is 25.5 Å². The molecule has 0 radical (unpaired) electrons. The predicted octanol–water partition coefficient (Wildman–Crippen LogP) is 3.12. The molecule has 1 aromatic rings. The maximum absolute atomic E-state index is 12.1. The third-order valence-corrected chi connectivity index (χ3v) is 4.58. The van der Waals surface area contributed by atoms with Crippen LogP contribution in [-0.2, 0) is 4.79 Å². The number of hydrogen-bond donors (Lipinski definition) is 1. The van der Waals surface area contributed by atoms with Crippen LogP contribution in [0, 0.1) is 6.92 Å². The van der Waals surface area contributed by atoms with Gasteiger partial charge in [0.15, 0.2) is 0 Å². The van der Waals surface area contributed by atoms with Crippen molar-refractivity contribution in [1.82, 2.24) is 10.2 Å². The van der Waals surface area contributed by atoms with Gasteiger partial charge in [0, 0.05) is 18.3 Å². The summed E-state index contributed by atoms with van der Waals surface area (Å²) in [4.78, 5) is 14.9. The van der Waals surface area contributed by atoms with Crippen molar-refractivity contribution >= 4 is 46.0 Å². The normalized spacial score (nSPS) is 21.2. The van der Waals surface area contributed by atoms with E-state index in [2.05, 4.69) is 48.3 Å². The highest BCUT2D eigenvalue weighted by Gasteiger charge is 2.30. The third-order valence-electron chi connectivity index (χ3n) is 3.36. The molecule has 3 rings (SSSR count). The molecule has 1 amide bonds. The Balaban J connectivity index is 2.22. The molecule has 2 aliphatic rings. The number of thiocarbonyl (C=S) groups is 1. The molecule has 0 atom stereocenters. The summed E-state index contributed by atoms with van der Waals surface area (Å²) in [6, 6.07) is 6.28. The van der Waals surface area contributed by atoms with Crippen LogP contribution in [0.2, 0.25) is 0 Å². The number of hydrogen-bond acceptors (Lipinski definition) is 4. The number of thioether (sulfide) groups is 1. The Hall–Kier alpha value is -1.59. The van der Waals surface area contributed by atoms with Crippen molar-refractivity contribution in [1.29, 1.82) is 0 Å². The van der Waals surface area contributed by atoms with Crippen LogP contribution in [0.4, 0.5) is 0 Å². The second-order valence-corrected chi connectivity index (χ2v) is 6.40. The average Bonchev–Trinajstić information content (AvgIpc) is 2.75. The molecule has 5 heteroatoms. The Morgan fingerprint density at radius 2 is 2.20 bits per heavy atom. The van der Waals surface area contributed by atoms with Gasteiger partial charge in [-0.25, -0.2) is 0 Å². The van der Waals surface area contributed by atoms with Gasteiger partial charge in [-0.3, -0.25) is 4.79 Å². The number of amides is 1. The first-order valence-electron chi connectivity index (χ1n) is 6.43. The molecule has 0 saturated carbocycles. The zero-order valence-corrected chi connectivity index (χ0v) is 12.9. The second kappa shape index (κ2) is 5.07. The number of aryl methyl sites for hydroxylation is 1. The summed E-state index contributed by atoms with van der Waals surface area (Å²) in [5, 5.41) is 2.70. The Morgan fingerprint density at radius 1 is 1.40 bits per heavy atom. The van der Waals surface area contributed by atoms with E-state index in [1.54, 1.807) is 0 Å². The first-order valence-corrected chi connectivity index (χ1v) is 7.66. The molecule has 0 unspecified atom stereocenters. The smallest absolute Gasteiger partial charge is 0.265 e. The molecular formula is C15H14N2OS2.